The van der Waals surface area contributed by atoms with Crippen molar-refractivity contribution in [1.29, 1.82) is 5.26 Å². The van der Waals surface area contributed by atoms with E-state index in [1.54, 1.807) is 18.2 Å². The minimum atomic E-state index is -0.871. The largest absolute Gasteiger partial charge is 0.382 e. The summed E-state index contributed by atoms with van der Waals surface area (Å²) in [6.07, 6.45) is 1.55. The number of nitrogens with two attached hydrogens (primary N) is 3. The number of nitrogens with zero attached hydrogens (tertiary/aromatic N) is 5. The minimum absolute atomic E-state index is 0.0251. The number of carbonyl (C=O) groups excluding carboxylic acids is 1. The normalized spacial score (nSPS) is 13.8. The van der Waals surface area contributed by atoms with Crippen LogP contribution in [0, 0.1) is 23.1 Å². The first-order valence-corrected chi connectivity index (χ1v) is 11.5. The molecule has 0 bridgehead atoms. The Labute approximate surface area is 213 Å². The van der Waals surface area contributed by atoms with Crippen molar-refractivity contribution in [1.82, 2.24) is 19.5 Å². The molecule has 7 N–H and O–H groups in total. The fourth-order valence-electron chi connectivity index (χ4n) is 4.19. The summed E-state index contributed by atoms with van der Waals surface area (Å²) in [4.78, 5) is 38.4. The summed E-state index contributed by atoms with van der Waals surface area (Å²) in [5.41, 5.74) is 16.6. The van der Waals surface area contributed by atoms with E-state index in [2.05, 4.69) is 15.3 Å². The first-order valence-electron chi connectivity index (χ1n) is 11.1. The molecule has 0 saturated heterocycles. The number of halogens is 2. The van der Waals surface area contributed by atoms with E-state index in [0.29, 0.717) is 5.52 Å². The van der Waals surface area contributed by atoms with Crippen molar-refractivity contribution in [2.45, 2.75) is 18.9 Å². The third-order valence-corrected chi connectivity index (χ3v) is 6.34. The van der Waals surface area contributed by atoms with Crippen LogP contribution >= 0.6 is 11.6 Å². The average Bonchev–Trinajstić information content (AvgIpc) is 3.67. The van der Waals surface area contributed by atoms with Gasteiger partial charge in [-0.05, 0) is 49.1 Å². The minimum Gasteiger partial charge on any atom is -0.382 e. The number of nitrogen functional groups attached to an aromatic ring is 2. The molecular formula is C24H19ClFN9O2. The second kappa shape index (κ2) is 9.03. The van der Waals surface area contributed by atoms with Crippen LogP contribution in [-0.4, -0.2) is 25.4 Å². The monoisotopic (exact) mass is 519 g/mol. The van der Waals surface area contributed by atoms with E-state index in [0.717, 1.165) is 25.0 Å². The molecular weight excluding hydrogens is 501 g/mol. The molecule has 2 aromatic carbocycles. The van der Waals surface area contributed by atoms with E-state index < -0.39 is 23.3 Å². The summed E-state index contributed by atoms with van der Waals surface area (Å²) in [6, 6.07) is 9.45. The number of carbonyl (C=O) groups is 1. The second-order valence-electron chi connectivity index (χ2n) is 8.57. The SMILES string of the molecule is N#Cc1c(N)nc(N)nc1NC(c1nc2cccc(Cl)c2c(=O)n1-c1cc(F)cc(C(N)=O)c1)C1CC1. The van der Waals surface area contributed by atoms with Crippen LogP contribution in [0.25, 0.3) is 16.6 Å². The maximum absolute atomic E-state index is 14.6. The summed E-state index contributed by atoms with van der Waals surface area (Å²) < 4.78 is 15.8. The highest BCUT2D eigenvalue weighted by Crippen LogP contribution is 2.43. The fourth-order valence-corrected chi connectivity index (χ4v) is 4.44. The van der Waals surface area contributed by atoms with Crippen LogP contribution < -0.4 is 28.1 Å². The van der Waals surface area contributed by atoms with Gasteiger partial charge in [0.15, 0.2) is 5.82 Å². The predicted molar refractivity (Wildman–Crippen MR) is 135 cm³/mol. The second-order valence-corrected chi connectivity index (χ2v) is 8.98. The van der Waals surface area contributed by atoms with Crippen molar-refractivity contribution >= 4 is 46.0 Å². The molecule has 1 aliphatic carbocycles. The number of nitrogens with one attached hydrogen (secondary N) is 1. The Balaban J connectivity index is 1.80. The van der Waals surface area contributed by atoms with Gasteiger partial charge >= 0.3 is 0 Å². The molecule has 5 rings (SSSR count). The van der Waals surface area contributed by atoms with Gasteiger partial charge in [-0.25, -0.2) is 9.37 Å². The van der Waals surface area contributed by atoms with Crippen LogP contribution in [0.4, 0.5) is 22.0 Å². The highest BCUT2D eigenvalue weighted by atomic mass is 35.5. The van der Waals surface area contributed by atoms with Crippen molar-refractivity contribution in [2.24, 2.45) is 11.7 Å². The smallest absolute Gasteiger partial charge is 0.267 e. The quantitative estimate of drug-likeness (QED) is 0.296. The van der Waals surface area contributed by atoms with Gasteiger partial charge < -0.3 is 22.5 Å². The Bertz CT molecular complexity index is 1690. The van der Waals surface area contributed by atoms with E-state index >= 15 is 0 Å². The first kappa shape index (κ1) is 24.0. The maximum atomic E-state index is 14.6. The molecule has 1 fully saturated rings. The highest BCUT2D eigenvalue weighted by Gasteiger charge is 2.37. The van der Waals surface area contributed by atoms with Crippen LogP contribution in [0.1, 0.15) is 40.6 Å². The summed E-state index contributed by atoms with van der Waals surface area (Å²) in [5, 5.41) is 13.0. The molecule has 0 aliphatic heterocycles. The van der Waals surface area contributed by atoms with Crippen molar-refractivity contribution in [3.8, 4) is 11.8 Å². The van der Waals surface area contributed by atoms with Crippen molar-refractivity contribution in [3.05, 3.63) is 74.5 Å². The number of primary amides is 1. The molecule has 2 heterocycles. The number of hydrogen-bond acceptors (Lipinski definition) is 9. The number of rotatable bonds is 6. The lowest BCUT2D eigenvalue weighted by Crippen LogP contribution is -2.30. The fraction of sp³-hybridized carbons (Fsp3) is 0.167. The summed E-state index contributed by atoms with van der Waals surface area (Å²) >= 11 is 6.35. The van der Waals surface area contributed by atoms with Crippen molar-refractivity contribution < 1.29 is 9.18 Å². The Hall–Kier alpha value is -4.76. The standard InChI is InChI=1S/C24H19ClFN9O2/c25-15-2-1-3-16-17(15)23(37)35(13-7-11(20(29)36)6-12(26)8-13)22(31-16)18(10-4-5-10)32-21-14(9-27)19(28)33-24(30)34-21/h1-3,6-8,10,18H,4-5H2,(H2,29,36)(H5,28,30,32,33,34). The third-order valence-electron chi connectivity index (χ3n) is 6.03. The topological polar surface area (TPSA) is 192 Å². The van der Waals surface area contributed by atoms with Crippen LogP contribution in [-0.2, 0) is 0 Å². The summed E-state index contributed by atoms with van der Waals surface area (Å²) in [6.45, 7) is 0. The van der Waals surface area contributed by atoms with E-state index in [-0.39, 0.29) is 56.5 Å². The zero-order valence-corrected chi connectivity index (χ0v) is 19.8. The molecule has 1 saturated carbocycles. The van der Waals surface area contributed by atoms with Gasteiger partial charge in [0.2, 0.25) is 11.9 Å². The Morgan fingerprint density at radius 3 is 2.65 bits per heavy atom. The molecule has 0 spiro atoms. The number of hydrogen-bond donors (Lipinski definition) is 4. The van der Waals surface area contributed by atoms with Crippen LogP contribution in [0.3, 0.4) is 0 Å². The Morgan fingerprint density at radius 2 is 1.97 bits per heavy atom. The zero-order valence-electron chi connectivity index (χ0n) is 19.1. The molecule has 1 atom stereocenters. The molecule has 0 radical (unpaired) electrons. The number of amides is 1. The highest BCUT2D eigenvalue weighted by molar-refractivity contribution is 6.35. The number of fused-ring (bicyclic) bond motifs is 1. The predicted octanol–water partition coefficient (Wildman–Crippen LogP) is 2.67. The number of anilines is 3. The Morgan fingerprint density at radius 1 is 1.22 bits per heavy atom. The molecule has 1 aliphatic rings. The number of aromatic nitrogens is 4. The summed E-state index contributed by atoms with van der Waals surface area (Å²) in [5.74, 6) is -1.69. The average molecular weight is 520 g/mol. The van der Waals surface area contributed by atoms with Gasteiger partial charge in [0.05, 0.1) is 27.7 Å². The van der Waals surface area contributed by atoms with Gasteiger partial charge in [0.25, 0.3) is 5.56 Å². The van der Waals surface area contributed by atoms with Crippen LogP contribution in [0.15, 0.2) is 41.2 Å². The van der Waals surface area contributed by atoms with Gasteiger partial charge in [-0.3, -0.25) is 14.2 Å². The van der Waals surface area contributed by atoms with E-state index in [1.165, 1.54) is 10.6 Å². The molecule has 1 unspecified atom stereocenters. The molecule has 1 amide bonds. The number of nitriles is 1. The van der Waals surface area contributed by atoms with E-state index in [9.17, 15) is 19.2 Å². The molecule has 11 nitrogen and oxygen atoms in total. The zero-order chi connectivity index (χ0) is 26.4. The Kier molecular flexibility index (Phi) is 5.85. The summed E-state index contributed by atoms with van der Waals surface area (Å²) in [7, 11) is 0. The van der Waals surface area contributed by atoms with Gasteiger partial charge in [-0.15, -0.1) is 0 Å². The molecule has 37 heavy (non-hydrogen) atoms. The van der Waals surface area contributed by atoms with Gasteiger partial charge in [0, 0.05) is 5.56 Å². The number of benzene rings is 2. The van der Waals surface area contributed by atoms with E-state index in [4.69, 9.17) is 33.8 Å². The van der Waals surface area contributed by atoms with Crippen LogP contribution in [0.5, 0.6) is 0 Å². The lowest BCUT2D eigenvalue weighted by atomic mass is 10.1. The van der Waals surface area contributed by atoms with Gasteiger partial charge in [-0.2, -0.15) is 15.2 Å². The molecule has 13 heteroatoms. The molecule has 4 aromatic rings. The van der Waals surface area contributed by atoms with Gasteiger partial charge in [-0.1, -0.05) is 17.7 Å². The lowest BCUT2D eigenvalue weighted by molar-refractivity contribution is 0.1000. The van der Waals surface area contributed by atoms with E-state index in [1.807, 2.05) is 6.07 Å². The van der Waals surface area contributed by atoms with Crippen molar-refractivity contribution in [2.75, 3.05) is 16.8 Å². The molecule has 2 aromatic heterocycles. The third kappa shape index (κ3) is 4.36. The molecule has 186 valence electrons. The van der Waals surface area contributed by atoms with Crippen molar-refractivity contribution in [3.63, 3.8) is 0 Å². The van der Waals surface area contributed by atoms with Crippen LogP contribution in [0.2, 0.25) is 5.02 Å². The maximum Gasteiger partial charge on any atom is 0.267 e. The van der Waals surface area contributed by atoms with Gasteiger partial charge in [0.1, 0.15) is 29.1 Å². The lowest BCUT2D eigenvalue weighted by Gasteiger charge is -2.24. The first-order chi connectivity index (χ1) is 17.7.